The molecule has 23 heavy (non-hydrogen) atoms. The molecule has 0 aliphatic heterocycles. The number of hydrogen-bond donors (Lipinski definition) is 1. The Kier molecular flexibility index (Phi) is 2.94. The monoisotopic (exact) mass is 304 g/mol. The Morgan fingerprint density at radius 2 is 1.48 bits per heavy atom. The second-order valence-corrected chi connectivity index (χ2v) is 5.12. The molecule has 0 atom stereocenters. The highest BCUT2D eigenvalue weighted by Crippen LogP contribution is 2.12. The highest BCUT2D eigenvalue weighted by molar-refractivity contribution is 5.75. The molecule has 2 aromatic heterocycles. The standard InChI is InChI=1S/C17H12N4O2/c22-20-13-8-4-5-9-14(13)21(23)17-16(20)18-15(19-17)11-10-12-6-2-1-3-7-12/h1-11H,(H,18,19). The molecule has 4 rings (SSSR count). The van der Waals surface area contributed by atoms with Crippen LogP contribution in [0.1, 0.15) is 11.4 Å². The van der Waals surface area contributed by atoms with E-state index in [1.54, 1.807) is 30.3 Å². The van der Waals surface area contributed by atoms with Crippen molar-refractivity contribution in [2.45, 2.75) is 0 Å². The predicted octanol–water partition coefficient (Wildman–Crippen LogP) is 2.15. The number of benzene rings is 2. The molecule has 6 heteroatoms. The van der Waals surface area contributed by atoms with Crippen molar-refractivity contribution in [3.63, 3.8) is 0 Å². The van der Waals surface area contributed by atoms with E-state index < -0.39 is 0 Å². The first-order chi connectivity index (χ1) is 11.2. The third kappa shape index (κ3) is 2.17. The third-order valence-electron chi connectivity index (χ3n) is 3.63. The van der Waals surface area contributed by atoms with Crippen molar-refractivity contribution in [2.75, 3.05) is 0 Å². The van der Waals surface area contributed by atoms with E-state index in [2.05, 4.69) is 9.97 Å². The van der Waals surface area contributed by atoms with Crippen LogP contribution < -0.4 is 9.46 Å². The summed E-state index contributed by atoms with van der Waals surface area (Å²) in [5.41, 5.74) is 1.82. The zero-order valence-corrected chi connectivity index (χ0v) is 12.0. The Balaban J connectivity index is 1.88. The van der Waals surface area contributed by atoms with Crippen molar-refractivity contribution >= 4 is 34.5 Å². The van der Waals surface area contributed by atoms with Crippen molar-refractivity contribution in [1.82, 2.24) is 9.97 Å². The second-order valence-electron chi connectivity index (χ2n) is 5.12. The van der Waals surface area contributed by atoms with Gasteiger partial charge in [0.1, 0.15) is 0 Å². The first-order valence-electron chi connectivity index (χ1n) is 7.11. The summed E-state index contributed by atoms with van der Waals surface area (Å²) in [5, 5.41) is 24.8. The van der Waals surface area contributed by atoms with Gasteiger partial charge in [-0.2, -0.15) is 4.98 Å². The summed E-state index contributed by atoms with van der Waals surface area (Å²) < 4.78 is 1.38. The van der Waals surface area contributed by atoms with Crippen LogP contribution in [0, 0.1) is 10.4 Å². The Hall–Kier alpha value is -3.41. The molecule has 4 aromatic rings. The smallest absolute Gasteiger partial charge is 0.422 e. The maximum atomic E-state index is 12.4. The van der Waals surface area contributed by atoms with Gasteiger partial charge < -0.3 is 10.4 Å². The lowest BCUT2D eigenvalue weighted by molar-refractivity contribution is -0.593. The number of rotatable bonds is 2. The van der Waals surface area contributed by atoms with Crippen LogP contribution in [0.4, 0.5) is 0 Å². The molecular weight excluding hydrogens is 292 g/mol. The lowest BCUT2D eigenvalue weighted by Crippen LogP contribution is -2.39. The average molecular weight is 304 g/mol. The summed E-state index contributed by atoms with van der Waals surface area (Å²) in [4.78, 5) is 7.12. The van der Waals surface area contributed by atoms with E-state index in [4.69, 9.17) is 0 Å². The molecule has 0 aliphatic carbocycles. The lowest BCUT2D eigenvalue weighted by atomic mass is 10.2. The van der Waals surface area contributed by atoms with Crippen molar-refractivity contribution < 1.29 is 9.46 Å². The predicted molar refractivity (Wildman–Crippen MR) is 86.9 cm³/mol. The highest BCUT2D eigenvalue weighted by atomic mass is 16.5. The first kappa shape index (κ1) is 13.3. The molecule has 0 fully saturated rings. The van der Waals surface area contributed by atoms with Gasteiger partial charge in [-0.1, -0.05) is 42.5 Å². The molecule has 0 amide bonds. The molecule has 0 bridgehead atoms. The molecule has 0 aliphatic rings. The Bertz CT molecular complexity index is 980. The van der Waals surface area contributed by atoms with Crippen LogP contribution in [0.5, 0.6) is 0 Å². The summed E-state index contributed by atoms with van der Waals surface area (Å²) in [5.74, 6) is 0.452. The highest BCUT2D eigenvalue weighted by Gasteiger charge is 2.23. The largest absolute Gasteiger partial charge is 0.710 e. The Morgan fingerprint density at radius 1 is 0.826 bits per heavy atom. The molecule has 0 radical (unpaired) electrons. The molecule has 0 unspecified atom stereocenters. The van der Waals surface area contributed by atoms with Crippen molar-refractivity contribution in [3.8, 4) is 0 Å². The fourth-order valence-corrected chi connectivity index (χ4v) is 2.52. The first-order valence-corrected chi connectivity index (χ1v) is 7.11. The maximum absolute atomic E-state index is 12.4. The van der Waals surface area contributed by atoms with Gasteiger partial charge in [0.25, 0.3) is 0 Å². The van der Waals surface area contributed by atoms with E-state index in [9.17, 15) is 10.4 Å². The van der Waals surface area contributed by atoms with E-state index in [0.29, 0.717) is 26.3 Å². The molecule has 1 N–H and O–H groups in total. The van der Waals surface area contributed by atoms with Crippen molar-refractivity contribution in [2.24, 2.45) is 0 Å². The summed E-state index contributed by atoms with van der Waals surface area (Å²) in [7, 11) is 0. The molecule has 0 saturated carbocycles. The normalized spacial score (nSPS) is 11.7. The summed E-state index contributed by atoms with van der Waals surface area (Å²) >= 11 is 0. The number of H-pyrrole nitrogens is 1. The number of nitrogens with zero attached hydrogens (tertiary/aromatic N) is 3. The zero-order valence-electron chi connectivity index (χ0n) is 12.0. The molecule has 0 saturated heterocycles. The Morgan fingerprint density at radius 3 is 2.22 bits per heavy atom. The second kappa shape index (κ2) is 5.10. The van der Waals surface area contributed by atoms with Gasteiger partial charge in [0.15, 0.2) is 11.0 Å². The fraction of sp³-hybridized carbons (Fsp3) is 0. The molecular formula is C17H12N4O2. The molecule has 112 valence electrons. The summed E-state index contributed by atoms with van der Waals surface area (Å²) in [6.07, 6.45) is 3.60. The van der Waals surface area contributed by atoms with Crippen molar-refractivity contribution in [3.05, 3.63) is 76.4 Å². The van der Waals surface area contributed by atoms with Crippen LogP contribution in [-0.2, 0) is 0 Å². The lowest BCUT2D eigenvalue weighted by Gasteiger charge is -2.09. The number of aromatic nitrogens is 4. The number of hydrogen-bond acceptors (Lipinski definition) is 3. The average Bonchev–Trinajstić information content (AvgIpc) is 3.04. The van der Waals surface area contributed by atoms with E-state index in [1.807, 2.05) is 36.4 Å². The Labute approximate surface area is 131 Å². The third-order valence-corrected chi connectivity index (χ3v) is 3.63. The van der Waals surface area contributed by atoms with Crippen LogP contribution in [0.3, 0.4) is 0 Å². The molecule has 2 heterocycles. The number of para-hydroxylation sites is 2. The van der Waals surface area contributed by atoms with Gasteiger partial charge in [0, 0.05) is 11.1 Å². The van der Waals surface area contributed by atoms with E-state index >= 15 is 0 Å². The topological polar surface area (TPSA) is 82.6 Å². The SMILES string of the molecule is [O-][n+]1c2ccccc2[n+]([O-])c2[nH]c(C=Cc3ccccc3)nc21. The number of imidazole rings is 1. The quantitative estimate of drug-likeness (QED) is 0.455. The zero-order chi connectivity index (χ0) is 15.8. The van der Waals surface area contributed by atoms with Gasteiger partial charge in [-0.05, 0) is 23.8 Å². The fourth-order valence-electron chi connectivity index (χ4n) is 2.52. The van der Waals surface area contributed by atoms with Crippen LogP contribution in [0.2, 0.25) is 0 Å². The van der Waals surface area contributed by atoms with E-state index in [0.717, 1.165) is 5.56 Å². The van der Waals surface area contributed by atoms with Gasteiger partial charge in [-0.15, -0.1) is 0 Å². The van der Waals surface area contributed by atoms with Crippen LogP contribution in [0.25, 0.3) is 34.5 Å². The van der Waals surface area contributed by atoms with Gasteiger partial charge in [0.2, 0.25) is 0 Å². The number of fused-ring (bicyclic) bond motifs is 2. The van der Waals surface area contributed by atoms with Gasteiger partial charge in [0.05, 0.1) is 0 Å². The van der Waals surface area contributed by atoms with Gasteiger partial charge in [-0.25, -0.2) is 9.46 Å². The number of aromatic amines is 1. The minimum atomic E-state index is 0.0754. The van der Waals surface area contributed by atoms with E-state index in [1.165, 1.54) is 0 Å². The van der Waals surface area contributed by atoms with E-state index in [-0.39, 0.29) is 11.3 Å². The van der Waals surface area contributed by atoms with Crippen LogP contribution in [0.15, 0.2) is 54.6 Å². The van der Waals surface area contributed by atoms with Crippen molar-refractivity contribution in [1.29, 1.82) is 0 Å². The minimum absolute atomic E-state index is 0.0754. The maximum Gasteiger partial charge on any atom is 0.422 e. The van der Waals surface area contributed by atoms with Gasteiger partial charge in [-0.3, -0.25) is 0 Å². The number of nitrogens with one attached hydrogen (secondary N) is 1. The summed E-state index contributed by atoms with van der Waals surface area (Å²) in [6.45, 7) is 0. The molecule has 2 aromatic carbocycles. The summed E-state index contributed by atoms with van der Waals surface area (Å²) in [6, 6.07) is 16.3. The molecule has 6 nitrogen and oxygen atoms in total. The van der Waals surface area contributed by atoms with Gasteiger partial charge >= 0.3 is 17.1 Å². The minimum Gasteiger partial charge on any atom is -0.710 e. The molecule has 0 spiro atoms. The van der Waals surface area contributed by atoms with Crippen LogP contribution in [-0.4, -0.2) is 9.97 Å². The van der Waals surface area contributed by atoms with Crippen LogP contribution >= 0.6 is 0 Å².